The highest BCUT2D eigenvalue weighted by Crippen LogP contribution is 2.21. The van der Waals surface area contributed by atoms with Crippen LogP contribution >= 0.6 is 11.6 Å². The van der Waals surface area contributed by atoms with E-state index in [4.69, 9.17) is 16.3 Å². The van der Waals surface area contributed by atoms with E-state index in [-0.39, 0.29) is 12.3 Å². The van der Waals surface area contributed by atoms with Crippen LogP contribution in [0.5, 0.6) is 5.75 Å². The second-order valence-corrected chi connectivity index (χ2v) is 4.23. The summed E-state index contributed by atoms with van der Waals surface area (Å²) in [5, 5.41) is 11.0. The van der Waals surface area contributed by atoms with Gasteiger partial charge in [0, 0.05) is 12.1 Å². The van der Waals surface area contributed by atoms with Crippen LogP contribution in [0.3, 0.4) is 0 Å². The second kappa shape index (κ2) is 6.60. The predicted molar refractivity (Wildman–Crippen MR) is 76.9 cm³/mol. The first kappa shape index (κ1) is 13.9. The first-order chi connectivity index (χ1) is 9.66. The molecular formula is C15H10ClNO3. The molecule has 0 aliphatic heterocycles. The van der Waals surface area contributed by atoms with Crippen LogP contribution in [0.2, 0.25) is 5.02 Å². The molecular weight excluding hydrogens is 278 g/mol. The van der Waals surface area contributed by atoms with Gasteiger partial charge >= 0.3 is 0 Å². The van der Waals surface area contributed by atoms with Crippen molar-refractivity contribution < 1.29 is 9.66 Å². The van der Waals surface area contributed by atoms with Crippen LogP contribution in [-0.2, 0) is 0 Å². The summed E-state index contributed by atoms with van der Waals surface area (Å²) >= 11 is 5.93. The zero-order valence-electron chi connectivity index (χ0n) is 10.4. The molecule has 0 spiro atoms. The van der Waals surface area contributed by atoms with Crippen LogP contribution in [0.1, 0.15) is 5.56 Å². The summed E-state index contributed by atoms with van der Waals surface area (Å²) in [5.74, 6) is 6.26. The van der Waals surface area contributed by atoms with Crippen molar-refractivity contribution in [1.82, 2.24) is 0 Å². The molecule has 0 fully saturated rings. The Morgan fingerprint density at radius 3 is 2.65 bits per heavy atom. The third-order valence-corrected chi connectivity index (χ3v) is 2.77. The number of ether oxygens (including phenoxy) is 1. The molecule has 0 saturated carbocycles. The molecule has 2 rings (SSSR count). The topological polar surface area (TPSA) is 52.4 Å². The van der Waals surface area contributed by atoms with Gasteiger partial charge in [0.2, 0.25) is 0 Å². The Morgan fingerprint density at radius 1 is 1.20 bits per heavy atom. The lowest BCUT2D eigenvalue weighted by atomic mass is 10.2. The highest BCUT2D eigenvalue weighted by molar-refractivity contribution is 6.31. The SMILES string of the molecule is O=[N+]([O-])c1ccc(Cl)c(C#CCOc2ccccc2)c1. The molecule has 0 atom stereocenters. The van der Waals surface area contributed by atoms with Crippen molar-refractivity contribution in [3.05, 3.63) is 69.2 Å². The maximum absolute atomic E-state index is 10.7. The minimum atomic E-state index is -0.484. The predicted octanol–water partition coefficient (Wildman–Crippen LogP) is 3.68. The van der Waals surface area contributed by atoms with Crippen LogP contribution < -0.4 is 4.74 Å². The highest BCUT2D eigenvalue weighted by Gasteiger charge is 2.07. The first-order valence-electron chi connectivity index (χ1n) is 5.77. The largest absolute Gasteiger partial charge is 0.481 e. The normalized spacial score (nSPS) is 9.45. The number of benzene rings is 2. The van der Waals surface area contributed by atoms with Crippen LogP contribution in [0, 0.1) is 22.0 Å². The molecule has 0 bridgehead atoms. The molecule has 0 aliphatic carbocycles. The lowest BCUT2D eigenvalue weighted by Crippen LogP contribution is -1.93. The fourth-order valence-corrected chi connectivity index (χ4v) is 1.65. The van der Waals surface area contributed by atoms with E-state index < -0.39 is 4.92 Å². The minimum absolute atomic E-state index is 0.0392. The van der Waals surface area contributed by atoms with Gasteiger partial charge < -0.3 is 4.74 Å². The summed E-state index contributed by atoms with van der Waals surface area (Å²) in [6, 6.07) is 13.4. The van der Waals surface area contributed by atoms with Gasteiger partial charge in [-0.3, -0.25) is 10.1 Å². The van der Waals surface area contributed by atoms with Crippen molar-refractivity contribution in [2.24, 2.45) is 0 Å². The maximum Gasteiger partial charge on any atom is 0.270 e. The van der Waals surface area contributed by atoms with E-state index in [1.165, 1.54) is 18.2 Å². The summed E-state index contributed by atoms with van der Waals surface area (Å²) < 4.78 is 5.39. The molecule has 100 valence electrons. The van der Waals surface area contributed by atoms with Gasteiger partial charge in [-0.15, -0.1) is 0 Å². The smallest absolute Gasteiger partial charge is 0.270 e. The van der Waals surface area contributed by atoms with Gasteiger partial charge in [-0.2, -0.15) is 0 Å². The van der Waals surface area contributed by atoms with E-state index in [2.05, 4.69) is 11.8 Å². The number of hydrogen-bond acceptors (Lipinski definition) is 3. The van der Waals surface area contributed by atoms with E-state index in [1.54, 1.807) is 0 Å². The Bertz CT molecular complexity index is 675. The maximum atomic E-state index is 10.7. The first-order valence-corrected chi connectivity index (χ1v) is 6.15. The van der Waals surface area contributed by atoms with E-state index in [1.807, 2.05) is 30.3 Å². The van der Waals surface area contributed by atoms with Gasteiger partial charge in [-0.1, -0.05) is 41.6 Å². The summed E-state index contributed by atoms with van der Waals surface area (Å²) in [4.78, 5) is 10.2. The number of hydrogen-bond donors (Lipinski definition) is 0. The Labute approximate surface area is 121 Å². The number of non-ortho nitro benzene ring substituents is 1. The monoisotopic (exact) mass is 287 g/mol. The summed E-state index contributed by atoms with van der Waals surface area (Å²) in [7, 11) is 0. The summed E-state index contributed by atoms with van der Waals surface area (Å²) in [5.41, 5.74) is 0.375. The van der Waals surface area contributed by atoms with Crippen LogP contribution in [0.15, 0.2) is 48.5 Å². The molecule has 0 unspecified atom stereocenters. The number of nitro benzene ring substituents is 1. The molecule has 2 aromatic rings. The Hall–Kier alpha value is -2.51. The van der Waals surface area contributed by atoms with E-state index >= 15 is 0 Å². The Morgan fingerprint density at radius 2 is 1.95 bits per heavy atom. The van der Waals surface area contributed by atoms with Crippen LogP contribution in [0.4, 0.5) is 5.69 Å². The van der Waals surface area contributed by atoms with E-state index in [0.29, 0.717) is 16.3 Å². The quantitative estimate of drug-likeness (QED) is 0.491. The van der Waals surface area contributed by atoms with Crippen molar-refractivity contribution in [3.8, 4) is 17.6 Å². The van der Waals surface area contributed by atoms with Gasteiger partial charge in [-0.05, 0) is 18.2 Å². The molecule has 0 aromatic heterocycles. The minimum Gasteiger partial charge on any atom is -0.481 e. The molecule has 20 heavy (non-hydrogen) atoms. The summed E-state index contributed by atoms with van der Waals surface area (Å²) in [6.07, 6.45) is 0. The fraction of sp³-hybridized carbons (Fsp3) is 0.0667. The molecule has 0 aliphatic rings. The zero-order chi connectivity index (χ0) is 14.4. The van der Waals surface area contributed by atoms with Gasteiger partial charge in [0.15, 0.2) is 0 Å². The second-order valence-electron chi connectivity index (χ2n) is 3.82. The lowest BCUT2D eigenvalue weighted by Gasteiger charge is -2.00. The van der Waals surface area contributed by atoms with Crippen LogP contribution in [0.25, 0.3) is 0 Å². The Kier molecular flexibility index (Phi) is 4.59. The molecule has 0 N–H and O–H groups in total. The van der Waals surface area contributed by atoms with Gasteiger partial charge in [-0.25, -0.2) is 0 Å². The molecule has 0 saturated heterocycles. The van der Waals surface area contributed by atoms with Gasteiger partial charge in [0.25, 0.3) is 5.69 Å². The van der Waals surface area contributed by atoms with Crippen molar-refractivity contribution in [1.29, 1.82) is 0 Å². The Balaban J connectivity index is 2.05. The molecule has 4 nitrogen and oxygen atoms in total. The molecule has 5 heteroatoms. The third-order valence-electron chi connectivity index (χ3n) is 2.44. The number of nitro groups is 1. The number of rotatable bonds is 3. The zero-order valence-corrected chi connectivity index (χ0v) is 11.1. The summed E-state index contributed by atoms with van der Waals surface area (Å²) in [6.45, 7) is 0.184. The number of para-hydroxylation sites is 1. The molecule has 0 heterocycles. The molecule has 2 aromatic carbocycles. The highest BCUT2D eigenvalue weighted by atomic mass is 35.5. The van der Waals surface area contributed by atoms with Crippen molar-refractivity contribution in [3.63, 3.8) is 0 Å². The lowest BCUT2D eigenvalue weighted by molar-refractivity contribution is -0.384. The van der Waals surface area contributed by atoms with Crippen LogP contribution in [-0.4, -0.2) is 11.5 Å². The average Bonchev–Trinajstić information content (AvgIpc) is 2.46. The van der Waals surface area contributed by atoms with E-state index in [0.717, 1.165) is 0 Å². The number of halogens is 1. The fourth-order valence-electron chi connectivity index (χ4n) is 1.49. The number of nitrogens with zero attached hydrogens (tertiary/aromatic N) is 1. The third kappa shape index (κ3) is 3.74. The van der Waals surface area contributed by atoms with Crippen molar-refractivity contribution in [2.75, 3.05) is 6.61 Å². The van der Waals surface area contributed by atoms with Gasteiger partial charge in [0.1, 0.15) is 12.4 Å². The van der Waals surface area contributed by atoms with E-state index in [9.17, 15) is 10.1 Å². The van der Waals surface area contributed by atoms with Crippen molar-refractivity contribution in [2.45, 2.75) is 0 Å². The average molecular weight is 288 g/mol. The molecule has 0 radical (unpaired) electrons. The standard InChI is InChI=1S/C15H10ClNO3/c16-15-9-8-13(17(18)19)11-12(15)5-4-10-20-14-6-2-1-3-7-14/h1-3,6-9,11H,10H2. The van der Waals surface area contributed by atoms with Crippen molar-refractivity contribution >= 4 is 17.3 Å². The van der Waals surface area contributed by atoms with Gasteiger partial charge in [0.05, 0.1) is 15.5 Å². The molecule has 0 amide bonds.